The topological polar surface area (TPSA) is 86.7 Å². The molecular formula is C18H24N2O4. The van der Waals surface area contributed by atoms with E-state index in [4.69, 9.17) is 0 Å². The molecule has 2 N–H and O–H groups in total. The lowest BCUT2D eigenvalue weighted by Crippen LogP contribution is -2.47. The average molecular weight is 332 g/mol. The molecule has 2 rings (SSSR count). The minimum atomic E-state index is -1.09. The number of benzene rings is 1. The van der Waals surface area contributed by atoms with Gasteiger partial charge in [0.05, 0.1) is 5.92 Å². The molecular weight excluding hydrogens is 308 g/mol. The fourth-order valence-electron chi connectivity index (χ4n) is 2.98. The molecule has 24 heavy (non-hydrogen) atoms. The molecule has 130 valence electrons. The normalized spacial score (nSPS) is 18.7. The predicted molar refractivity (Wildman–Crippen MR) is 89.2 cm³/mol. The maximum absolute atomic E-state index is 12.5. The first kappa shape index (κ1) is 18.0. The lowest BCUT2D eigenvalue weighted by Gasteiger charge is -2.32. The molecule has 1 aromatic carbocycles. The molecule has 2 atom stereocenters. The molecule has 6 nitrogen and oxygen atoms in total. The van der Waals surface area contributed by atoms with Gasteiger partial charge in [-0.2, -0.15) is 0 Å². The number of carboxylic acid groups (broad SMARTS) is 1. The monoisotopic (exact) mass is 332 g/mol. The smallest absolute Gasteiger partial charge is 0.330 e. The minimum absolute atomic E-state index is 0.0628. The Morgan fingerprint density at radius 1 is 1.29 bits per heavy atom. The van der Waals surface area contributed by atoms with Crippen LogP contribution in [0.2, 0.25) is 0 Å². The van der Waals surface area contributed by atoms with Crippen LogP contribution in [0.1, 0.15) is 44.2 Å². The van der Waals surface area contributed by atoms with Gasteiger partial charge in [-0.3, -0.25) is 9.59 Å². The van der Waals surface area contributed by atoms with Crippen molar-refractivity contribution >= 4 is 17.8 Å². The summed E-state index contributed by atoms with van der Waals surface area (Å²) in [4.78, 5) is 37.7. The van der Waals surface area contributed by atoms with E-state index in [9.17, 15) is 19.5 Å². The fourth-order valence-corrected chi connectivity index (χ4v) is 2.98. The van der Waals surface area contributed by atoms with Crippen molar-refractivity contribution in [1.29, 1.82) is 0 Å². The third-order valence-electron chi connectivity index (χ3n) is 4.28. The Morgan fingerprint density at radius 3 is 2.62 bits per heavy atom. The Labute approximate surface area is 141 Å². The molecule has 1 aromatic rings. The van der Waals surface area contributed by atoms with Crippen molar-refractivity contribution in [3.63, 3.8) is 0 Å². The van der Waals surface area contributed by atoms with E-state index in [-0.39, 0.29) is 17.7 Å². The number of likely N-dealkylation sites (tertiary alicyclic amines) is 1. The summed E-state index contributed by atoms with van der Waals surface area (Å²) in [5, 5.41) is 12.0. The maximum atomic E-state index is 12.5. The van der Waals surface area contributed by atoms with Crippen molar-refractivity contribution in [3.05, 3.63) is 35.9 Å². The molecule has 1 aliphatic heterocycles. The summed E-state index contributed by atoms with van der Waals surface area (Å²) in [7, 11) is 0. The van der Waals surface area contributed by atoms with Gasteiger partial charge in [0.2, 0.25) is 11.8 Å². The van der Waals surface area contributed by atoms with Gasteiger partial charge < -0.3 is 15.3 Å². The number of nitrogens with one attached hydrogen (secondary N) is 1. The quantitative estimate of drug-likeness (QED) is 0.834. The zero-order valence-corrected chi connectivity index (χ0v) is 13.9. The third kappa shape index (κ3) is 4.57. The van der Waals surface area contributed by atoms with Gasteiger partial charge in [-0.1, -0.05) is 37.3 Å². The first-order valence-electron chi connectivity index (χ1n) is 8.38. The van der Waals surface area contributed by atoms with E-state index in [2.05, 4.69) is 5.32 Å². The Morgan fingerprint density at radius 2 is 2.00 bits per heavy atom. The highest BCUT2D eigenvalue weighted by molar-refractivity contribution is 5.86. The SMILES string of the molecule is CCCC(=O)N1CCCC(C(=O)N[C@H](C(=O)O)c2ccccc2)C1. The number of rotatable bonds is 6. The summed E-state index contributed by atoms with van der Waals surface area (Å²) in [6, 6.07) is 7.56. The lowest BCUT2D eigenvalue weighted by molar-refractivity contribution is -0.144. The molecule has 6 heteroatoms. The van der Waals surface area contributed by atoms with Crippen molar-refractivity contribution in [3.8, 4) is 0 Å². The standard InChI is InChI=1S/C18H24N2O4/c1-2-7-15(21)20-11-6-10-14(12-20)17(22)19-16(18(23)24)13-8-4-3-5-9-13/h3-5,8-9,14,16H,2,6-7,10-12H2,1H3,(H,19,22)(H,23,24)/t14?,16-/m0/s1. The van der Waals surface area contributed by atoms with Crippen LogP contribution in [0.3, 0.4) is 0 Å². The van der Waals surface area contributed by atoms with Crippen molar-refractivity contribution in [2.45, 2.75) is 38.6 Å². The van der Waals surface area contributed by atoms with Crippen LogP contribution >= 0.6 is 0 Å². The van der Waals surface area contributed by atoms with E-state index in [1.165, 1.54) is 0 Å². The Bertz CT molecular complexity index is 588. The van der Waals surface area contributed by atoms with Crippen LogP contribution in [0.25, 0.3) is 0 Å². The fraction of sp³-hybridized carbons (Fsp3) is 0.500. The van der Waals surface area contributed by atoms with Crippen molar-refractivity contribution in [2.24, 2.45) is 5.92 Å². The van der Waals surface area contributed by atoms with Crippen molar-refractivity contribution in [2.75, 3.05) is 13.1 Å². The number of carbonyl (C=O) groups excluding carboxylic acids is 2. The van der Waals surface area contributed by atoms with Crippen molar-refractivity contribution in [1.82, 2.24) is 10.2 Å². The second-order valence-electron chi connectivity index (χ2n) is 6.12. The highest BCUT2D eigenvalue weighted by atomic mass is 16.4. The number of carboxylic acids is 1. The summed E-state index contributed by atoms with van der Waals surface area (Å²) in [6.45, 7) is 2.98. The molecule has 1 unspecified atom stereocenters. The van der Waals surface area contributed by atoms with E-state index in [1.807, 2.05) is 6.92 Å². The Hall–Kier alpha value is -2.37. The summed E-state index contributed by atoms with van der Waals surface area (Å²) in [5.41, 5.74) is 0.535. The molecule has 1 heterocycles. The number of piperidine rings is 1. The van der Waals surface area contributed by atoms with Gasteiger partial charge in [0.1, 0.15) is 0 Å². The summed E-state index contributed by atoms with van der Waals surface area (Å²) in [6.07, 6.45) is 2.69. The first-order valence-corrected chi connectivity index (χ1v) is 8.38. The van der Waals surface area contributed by atoms with Gasteiger partial charge in [-0.25, -0.2) is 4.79 Å². The van der Waals surface area contributed by atoms with Crippen LogP contribution in [-0.2, 0) is 14.4 Å². The molecule has 0 saturated carbocycles. The number of amides is 2. The van der Waals surface area contributed by atoms with Crippen LogP contribution in [0.15, 0.2) is 30.3 Å². The molecule has 1 aliphatic rings. The first-order chi connectivity index (χ1) is 11.5. The lowest BCUT2D eigenvalue weighted by atomic mass is 9.95. The minimum Gasteiger partial charge on any atom is -0.479 e. The molecule has 2 amide bonds. The second kappa shape index (κ2) is 8.47. The van der Waals surface area contributed by atoms with Gasteiger partial charge >= 0.3 is 5.97 Å². The van der Waals surface area contributed by atoms with Gasteiger partial charge in [0.25, 0.3) is 0 Å². The molecule has 1 fully saturated rings. The van der Waals surface area contributed by atoms with Crippen molar-refractivity contribution < 1.29 is 19.5 Å². The number of hydrogen-bond acceptors (Lipinski definition) is 3. The maximum Gasteiger partial charge on any atom is 0.330 e. The summed E-state index contributed by atoms with van der Waals surface area (Å²) < 4.78 is 0. The van der Waals surface area contributed by atoms with E-state index >= 15 is 0 Å². The number of aliphatic carboxylic acids is 1. The summed E-state index contributed by atoms with van der Waals surface area (Å²) >= 11 is 0. The van der Waals surface area contributed by atoms with Gasteiger partial charge in [0, 0.05) is 19.5 Å². The van der Waals surface area contributed by atoms with Crippen LogP contribution in [0, 0.1) is 5.92 Å². The van der Waals surface area contributed by atoms with Gasteiger partial charge in [-0.05, 0) is 24.8 Å². The molecule has 0 radical (unpaired) electrons. The molecule has 0 aromatic heterocycles. The molecule has 0 aliphatic carbocycles. The largest absolute Gasteiger partial charge is 0.479 e. The molecule has 0 spiro atoms. The summed E-state index contributed by atoms with van der Waals surface area (Å²) in [5.74, 6) is -1.69. The molecule has 1 saturated heterocycles. The van der Waals surface area contributed by atoms with E-state index in [0.29, 0.717) is 31.5 Å². The zero-order valence-electron chi connectivity index (χ0n) is 13.9. The van der Waals surface area contributed by atoms with Crippen LogP contribution in [-0.4, -0.2) is 40.9 Å². The van der Waals surface area contributed by atoms with Crippen LogP contribution < -0.4 is 5.32 Å². The van der Waals surface area contributed by atoms with E-state index in [1.54, 1.807) is 35.2 Å². The van der Waals surface area contributed by atoms with Crippen LogP contribution in [0.4, 0.5) is 0 Å². The number of nitrogens with zero attached hydrogens (tertiary/aromatic N) is 1. The Kier molecular flexibility index (Phi) is 6.35. The predicted octanol–water partition coefficient (Wildman–Crippen LogP) is 1.97. The number of hydrogen-bond donors (Lipinski definition) is 2. The number of carbonyl (C=O) groups is 3. The van der Waals surface area contributed by atoms with Gasteiger partial charge in [0.15, 0.2) is 6.04 Å². The average Bonchev–Trinajstić information content (AvgIpc) is 2.60. The second-order valence-corrected chi connectivity index (χ2v) is 6.12. The molecule has 0 bridgehead atoms. The van der Waals surface area contributed by atoms with E-state index < -0.39 is 12.0 Å². The third-order valence-corrected chi connectivity index (χ3v) is 4.28. The zero-order chi connectivity index (χ0) is 17.5. The highest BCUT2D eigenvalue weighted by Gasteiger charge is 2.31. The van der Waals surface area contributed by atoms with Crippen LogP contribution in [0.5, 0.6) is 0 Å². The van der Waals surface area contributed by atoms with Gasteiger partial charge in [-0.15, -0.1) is 0 Å². The Balaban J connectivity index is 2.02. The highest BCUT2D eigenvalue weighted by Crippen LogP contribution is 2.20. The van der Waals surface area contributed by atoms with E-state index in [0.717, 1.165) is 12.8 Å².